The van der Waals surface area contributed by atoms with E-state index in [9.17, 15) is 9.18 Å². The summed E-state index contributed by atoms with van der Waals surface area (Å²) in [5.41, 5.74) is 6.27. The molecule has 0 atom stereocenters. The van der Waals surface area contributed by atoms with E-state index in [1.54, 1.807) is 19.1 Å². The van der Waals surface area contributed by atoms with Crippen LogP contribution in [0.15, 0.2) is 16.9 Å². The molecule has 0 amide bonds. The van der Waals surface area contributed by atoms with Gasteiger partial charge >= 0.3 is 0 Å². The number of nitrogens with two attached hydrogens (primary N) is 1. The van der Waals surface area contributed by atoms with E-state index in [2.05, 4.69) is 0 Å². The lowest BCUT2D eigenvalue weighted by atomic mass is 10.2. The number of aryl methyl sites for hydroxylation is 1. The molecule has 0 fully saturated rings. The maximum absolute atomic E-state index is 12.0. The number of pyridine rings is 1. The van der Waals surface area contributed by atoms with Crippen LogP contribution < -0.4 is 11.3 Å². The van der Waals surface area contributed by atoms with Gasteiger partial charge in [0.15, 0.2) is 0 Å². The fourth-order valence-corrected chi connectivity index (χ4v) is 1.51. The summed E-state index contributed by atoms with van der Waals surface area (Å²) in [7, 11) is 0. The SMILES string of the molecule is Cc1ccc(C(N)=S)c(=O)n1CCCF. The van der Waals surface area contributed by atoms with E-state index in [0.717, 1.165) is 5.69 Å². The third kappa shape index (κ3) is 2.62. The first-order chi connectivity index (χ1) is 7.07. The van der Waals surface area contributed by atoms with E-state index in [0.29, 0.717) is 18.5 Å². The largest absolute Gasteiger partial charge is 0.389 e. The van der Waals surface area contributed by atoms with Gasteiger partial charge in [0.25, 0.3) is 5.56 Å². The summed E-state index contributed by atoms with van der Waals surface area (Å²) in [4.78, 5) is 11.9. The van der Waals surface area contributed by atoms with Crippen molar-refractivity contribution in [3.63, 3.8) is 0 Å². The molecule has 0 radical (unpaired) electrons. The first-order valence-corrected chi connectivity index (χ1v) is 5.05. The molecule has 0 aliphatic heterocycles. The zero-order chi connectivity index (χ0) is 11.4. The minimum atomic E-state index is -0.441. The van der Waals surface area contributed by atoms with Gasteiger partial charge < -0.3 is 10.3 Å². The average Bonchev–Trinajstić information content (AvgIpc) is 2.17. The zero-order valence-electron chi connectivity index (χ0n) is 8.50. The molecule has 5 heteroatoms. The molecule has 1 aromatic heterocycles. The van der Waals surface area contributed by atoms with Crippen molar-refractivity contribution in [2.75, 3.05) is 6.67 Å². The summed E-state index contributed by atoms with van der Waals surface area (Å²) in [5, 5.41) is 0. The van der Waals surface area contributed by atoms with Gasteiger partial charge in [-0.25, -0.2) is 0 Å². The first-order valence-electron chi connectivity index (χ1n) is 4.64. The van der Waals surface area contributed by atoms with Gasteiger partial charge in [-0.15, -0.1) is 0 Å². The maximum atomic E-state index is 12.0. The molecule has 0 aliphatic carbocycles. The van der Waals surface area contributed by atoms with Crippen molar-refractivity contribution in [2.24, 2.45) is 5.73 Å². The van der Waals surface area contributed by atoms with Crippen LogP contribution in [-0.4, -0.2) is 16.2 Å². The molecule has 2 N–H and O–H groups in total. The summed E-state index contributed by atoms with van der Waals surface area (Å²) < 4.78 is 13.5. The highest BCUT2D eigenvalue weighted by molar-refractivity contribution is 7.80. The van der Waals surface area contributed by atoms with Gasteiger partial charge in [0.2, 0.25) is 0 Å². The predicted octanol–water partition coefficient (Wildman–Crippen LogP) is 1.15. The van der Waals surface area contributed by atoms with Crippen molar-refractivity contribution in [2.45, 2.75) is 19.9 Å². The molecular formula is C10H13FN2OS. The summed E-state index contributed by atoms with van der Waals surface area (Å²) in [6.07, 6.45) is 0.321. The number of halogens is 1. The summed E-state index contributed by atoms with van der Waals surface area (Å²) in [5.74, 6) is 0. The van der Waals surface area contributed by atoms with Crippen molar-refractivity contribution in [3.05, 3.63) is 33.7 Å². The molecule has 1 rings (SSSR count). The summed E-state index contributed by atoms with van der Waals surface area (Å²) in [6.45, 7) is 1.71. The predicted molar refractivity (Wildman–Crippen MR) is 61.9 cm³/mol. The van der Waals surface area contributed by atoms with Gasteiger partial charge in [-0.05, 0) is 25.5 Å². The Bertz CT molecular complexity index is 428. The Hall–Kier alpha value is -1.23. The van der Waals surface area contributed by atoms with E-state index < -0.39 is 6.67 Å². The summed E-state index contributed by atoms with van der Waals surface area (Å²) in [6, 6.07) is 3.36. The Labute approximate surface area is 92.7 Å². The van der Waals surface area contributed by atoms with Crippen LogP contribution in [0.1, 0.15) is 17.7 Å². The minimum absolute atomic E-state index is 0.0778. The highest BCUT2D eigenvalue weighted by atomic mass is 32.1. The highest BCUT2D eigenvalue weighted by Gasteiger charge is 2.07. The number of hydrogen-bond acceptors (Lipinski definition) is 2. The third-order valence-electron chi connectivity index (χ3n) is 2.17. The van der Waals surface area contributed by atoms with Crippen LogP contribution in [-0.2, 0) is 6.54 Å². The number of thiocarbonyl (C=S) groups is 1. The van der Waals surface area contributed by atoms with Crippen molar-refractivity contribution >= 4 is 17.2 Å². The molecule has 82 valence electrons. The molecule has 15 heavy (non-hydrogen) atoms. The Morgan fingerprint density at radius 3 is 2.80 bits per heavy atom. The maximum Gasteiger partial charge on any atom is 0.260 e. The third-order valence-corrected chi connectivity index (χ3v) is 2.39. The van der Waals surface area contributed by atoms with Crippen molar-refractivity contribution in [1.82, 2.24) is 4.57 Å². The molecule has 0 saturated heterocycles. The fourth-order valence-electron chi connectivity index (χ4n) is 1.35. The lowest BCUT2D eigenvalue weighted by Crippen LogP contribution is -2.30. The Morgan fingerprint density at radius 1 is 1.60 bits per heavy atom. The van der Waals surface area contributed by atoms with E-state index >= 15 is 0 Å². The van der Waals surface area contributed by atoms with Crippen LogP contribution in [0.4, 0.5) is 4.39 Å². The van der Waals surface area contributed by atoms with Crippen LogP contribution in [0, 0.1) is 6.92 Å². The second kappa shape index (κ2) is 5.02. The van der Waals surface area contributed by atoms with E-state index in [1.807, 2.05) is 0 Å². The second-order valence-electron chi connectivity index (χ2n) is 3.25. The van der Waals surface area contributed by atoms with Gasteiger partial charge in [0.05, 0.1) is 12.2 Å². The van der Waals surface area contributed by atoms with Gasteiger partial charge in [0, 0.05) is 12.2 Å². The lowest BCUT2D eigenvalue weighted by molar-refractivity contribution is 0.441. The number of hydrogen-bond donors (Lipinski definition) is 1. The highest BCUT2D eigenvalue weighted by Crippen LogP contribution is 2.00. The summed E-state index contributed by atoms with van der Waals surface area (Å²) >= 11 is 4.76. The molecule has 0 aromatic carbocycles. The molecule has 3 nitrogen and oxygen atoms in total. The van der Waals surface area contributed by atoms with E-state index in [-0.39, 0.29) is 10.5 Å². The zero-order valence-corrected chi connectivity index (χ0v) is 9.31. The van der Waals surface area contributed by atoms with Gasteiger partial charge in [0.1, 0.15) is 4.99 Å². The molecule has 0 bridgehead atoms. The molecule has 1 aromatic rings. The van der Waals surface area contributed by atoms with Crippen molar-refractivity contribution < 1.29 is 4.39 Å². The second-order valence-corrected chi connectivity index (χ2v) is 3.69. The normalized spacial score (nSPS) is 10.3. The van der Waals surface area contributed by atoms with Gasteiger partial charge in [-0.3, -0.25) is 9.18 Å². The number of nitrogens with zero attached hydrogens (tertiary/aromatic N) is 1. The van der Waals surface area contributed by atoms with Crippen LogP contribution in [0.2, 0.25) is 0 Å². The first kappa shape index (κ1) is 11.8. The lowest BCUT2D eigenvalue weighted by Gasteiger charge is -2.10. The molecule has 0 spiro atoms. The van der Waals surface area contributed by atoms with E-state index in [4.69, 9.17) is 18.0 Å². The van der Waals surface area contributed by atoms with Crippen LogP contribution in [0.25, 0.3) is 0 Å². The Morgan fingerprint density at radius 2 is 2.27 bits per heavy atom. The van der Waals surface area contributed by atoms with Gasteiger partial charge in [-0.1, -0.05) is 12.2 Å². The Kier molecular flexibility index (Phi) is 3.96. The molecule has 0 aliphatic rings. The molecule has 0 unspecified atom stereocenters. The minimum Gasteiger partial charge on any atom is -0.389 e. The van der Waals surface area contributed by atoms with Crippen molar-refractivity contribution in [1.29, 1.82) is 0 Å². The quantitative estimate of drug-likeness (QED) is 0.786. The van der Waals surface area contributed by atoms with Gasteiger partial charge in [-0.2, -0.15) is 0 Å². The molecule has 1 heterocycles. The Balaban J connectivity index is 3.18. The topological polar surface area (TPSA) is 48.0 Å². The fraction of sp³-hybridized carbons (Fsp3) is 0.400. The number of aromatic nitrogens is 1. The standard InChI is InChI=1S/C10H13FN2OS/c1-7-3-4-8(9(12)15)10(14)13(7)6-2-5-11/h3-4H,2,5-6H2,1H3,(H2,12,15). The smallest absolute Gasteiger partial charge is 0.260 e. The van der Waals surface area contributed by atoms with Crippen molar-refractivity contribution in [3.8, 4) is 0 Å². The average molecular weight is 228 g/mol. The van der Waals surface area contributed by atoms with E-state index in [1.165, 1.54) is 4.57 Å². The monoisotopic (exact) mass is 228 g/mol. The molecular weight excluding hydrogens is 215 g/mol. The van der Waals surface area contributed by atoms with Crippen LogP contribution in [0.5, 0.6) is 0 Å². The van der Waals surface area contributed by atoms with Crippen LogP contribution in [0.3, 0.4) is 0 Å². The molecule has 0 saturated carbocycles. The number of alkyl halides is 1. The number of rotatable bonds is 4. The van der Waals surface area contributed by atoms with Crippen LogP contribution >= 0.6 is 12.2 Å².